The van der Waals surface area contributed by atoms with Gasteiger partial charge >= 0.3 is 0 Å². The SMILES string of the molecule is CCCC(C)/C(O)=C/C(=O)C(CC)CC. The molecule has 0 bridgehead atoms. The van der Waals surface area contributed by atoms with E-state index >= 15 is 0 Å². The number of carbonyl (C=O) groups excluding carboxylic acids is 1. The predicted molar refractivity (Wildman–Crippen MR) is 63.9 cm³/mol. The predicted octanol–water partition coefficient (Wildman–Crippen LogP) is 3.87. The number of aliphatic hydroxyl groups excluding tert-OH is 1. The van der Waals surface area contributed by atoms with Crippen molar-refractivity contribution >= 4 is 5.78 Å². The molecule has 0 fully saturated rings. The Bertz CT molecular complexity index is 215. The van der Waals surface area contributed by atoms with Crippen LogP contribution in [-0.4, -0.2) is 10.9 Å². The lowest BCUT2D eigenvalue weighted by atomic mass is 9.95. The van der Waals surface area contributed by atoms with Gasteiger partial charge < -0.3 is 5.11 Å². The highest BCUT2D eigenvalue weighted by Gasteiger charge is 2.14. The van der Waals surface area contributed by atoms with E-state index in [1.54, 1.807) is 0 Å². The van der Waals surface area contributed by atoms with Crippen LogP contribution in [-0.2, 0) is 4.79 Å². The molecule has 2 heteroatoms. The third kappa shape index (κ3) is 5.01. The molecule has 15 heavy (non-hydrogen) atoms. The van der Waals surface area contributed by atoms with E-state index in [9.17, 15) is 9.90 Å². The molecule has 0 rings (SSSR count). The fraction of sp³-hybridized carbons (Fsp3) is 0.769. The van der Waals surface area contributed by atoms with Crippen LogP contribution in [0.15, 0.2) is 11.8 Å². The molecule has 2 nitrogen and oxygen atoms in total. The van der Waals surface area contributed by atoms with Gasteiger partial charge in [-0.2, -0.15) is 0 Å². The highest BCUT2D eigenvalue weighted by Crippen LogP contribution is 2.16. The first-order valence-electron chi connectivity index (χ1n) is 6.01. The molecule has 0 aliphatic carbocycles. The third-order valence-electron chi connectivity index (χ3n) is 2.90. The molecule has 0 aromatic rings. The highest BCUT2D eigenvalue weighted by molar-refractivity contribution is 5.92. The highest BCUT2D eigenvalue weighted by atomic mass is 16.3. The average Bonchev–Trinajstić information content (AvgIpc) is 2.19. The van der Waals surface area contributed by atoms with Crippen molar-refractivity contribution < 1.29 is 9.90 Å². The van der Waals surface area contributed by atoms with Gasteiger partial charge in [0.25, 0.3) is 0 Å². The van der Waals surface area contributed by atoms with Gasteiger partial charge in [-0.05, 0) is 19.3 Å². The van der Waals surface area contributed by atoms with E-state index in [1.165, 1.54) is 6.08 Å². The van der Waals surface area contributed by atoms with Gasteiger partial charge in [0.15, 0.2) is 5.78 Å². The van der Waals surface area contributed by atoms with Gasteiger partial charge in [0.1, 0.15) is 0 Å². The van der Waals surface area contributed by atoms with E-state index in [-0.39, 0.29) is 23.4 Å². The summed E-state index contributed by atoms with van der Waals surface area (Å²) < 4.78 is 0. The normalized spacial score (nSPS) is 14.3. The first-order valence-corrected chi connectivity index (χ1v) is 6.01. The largest absolute Gasteiger partial charge is 0.512 e. The molecule has 0 aliphatic heterocycles. The first-order chi connectivity index (χ1) is 7.06. The fourth-order valence-corrected chi connectivity index (χ4v) is 1.68. The van der Waals surface area contributed by atoms with Crippen molar-refractivity contribution in [2.75, 3.05) is 0 Å². The van der Waals surface area contributed by atoms with Gasteiger partial charge in [0.05, 0.1) is 5.76 Å². The van der Waals surface area contributed by atoms with E-state index in [0.29, 0.717) is 0 Å². The fourth-order valence-electron chi connectivity index (χ4n) is 1.68. The number of allylic oxidation sites excluding steroid dienone is 2. The summed E-state index contributed by atoms with van der Waals surface area (Å²) >= 11 is 0. The minimum Gasteiger partial charge on any atom is -0.512 e. The van der Waals surface area contributed by atoms with Gasteiger partial charge in [0, 0.05) is 17.9 Å². The quantitative estimate of drug-likeness (QED) is 0.514. The molecule has 88 valence electrons. The summed E-state index contributed by atoms with van der Waals surface area (Å²) in [4.78, 5) is 11.7. The molecular weight excluding hydrogens is 188 g/mol. The molecule has 1 unspecified atom stereocenters. The number of ketones is 1. The van der Waals surface area contributed by atoms with Crippen LogP contribution in [0.4, 0.5) is 0 Å². The van der Waals surface area contributed by atoms with Gasteiger partial charge in [0.2, 0.25) is 0 Å². The molecule has 0 amide bonds. The summed E-state index contributed by atoms with van der Waals surface area (Å²) in [6, 6.07) is 0. The summed E-state index contributed by atoms with van der Waals surface area (Å²) in [5.74, 6) is 0.489. The number of carbonyl (C=O) groups is 1. The second-order valence-electron chi connectivity index (χ2n) is 4.17. The molecular formula is C13H24O2. The molecule has 0 spiro atoms. The van der Waals surface area contributed by atoms with E-state index in [4.69, 9.17) is 0 Å². The molecule has 0 radical (unpaired) electrons. The standard InChI is InChI=1S/C13H24O2/c1-5-8-10(4)12(14)9-13(15)11(6-2)7-3/h9-11,14H,5-8H2,1-4H3/b12-9-. The van der Waals surface area contributed by atoms with Gasteiger partial charge in [-0.3, -0.25) is 4.79 Å². The Morgan fingerprint density at radius 2 is 1.80 bits per heavy atom. The van der Waals surface area contributed by atoms with Crippen LogP contribution >= 0.6 is 0 Å². The van der Waals surface area contributed by atoms with Crippen molar-refractivity contribution in [2.45, 2.75) is 53.4 Å². The maximum Gasteiger partial charge on any atom is 0.162 e. The van der Waals surface area contributed by atoms with Crippen molar-refractivity contribution in [3.8, 4) is 0 Å². The smallest absolute Gasteiger partial charge is 0.162 e. The van der Waals surface area contributed by atoms with Crippen molar-refractivity contribution in [3.63, 3.8) is 0 Å². The topological polar surface area (TPSA) is 37.3 Å². The van der Waals surface area contributed by atoms with E-state index in [0.717, 1.165) is 25.7 Å². The zero-order chi connectivity index (χ0) is 11.8. The molecule has 0 heterocycles. The van der Waals surface area contributed by atoms with Gasteiger partial charge in [-0.15, -0.1) is 0 Å². The monoisotopic (exact) mass is 212 g/mol. The van der Waals surface area contributed by atoms with E-state index in [2.05, 4.69) is 6.92 Å². The summed E-state index contributed by atoms with van der Waals surface area (Å²) in [6.07, 6.45) is 5.08. The number of rotatable bonds is 7. The molecule has 0 aromatic carbocycles. The van der Waals surface area contributed by atoms with Crippen LogP contribution in [0.1, 0.15) is 53.4 Å². The van der Waals surface area contributed by atoms with Gasteiger partial charge in [-0.25, -0.2) is 0 Å². The van der Waals surface area contributed by atoms with Crippen molar-refractivity contribution in [3.05, 3.63) is 11.8 Å². The molecule has 1 atom stereocenters. The molecule has 0 aromatic heterocycles. The Kier molecular flexibility index (Phi) is 7.10. The summed E-state index contributed by atoms with van der Waals surface area (Å²) in [6.45, 7) is 8.04. The molecule has 0 aliphatic rings. The average molecular weight is 212 g/mol. The summed E-state index contributed by atoms with van der Waals surface area (Å²) in [5, 5.41) is 9.70. The van der Waals surface area contributed by atoms with Crippen molar-refractivity contribution in [1.29, 1.82) is 0 Å². The Morgan fingerprint density at radius 3 is 2.20 bits per heavy atom. The van der Waals surface area contributed by atoms with Crippen molar-refractivity contribution in [2.24, 2.45) is 11.8 Å². The van der Waals surface area contributed by atoms with Gasteiger partial charge in [-0.1, -0.05) is 34.1 Å². The van der Waals surface area contributed by atoms with Crippen LogP contribution in [0.3, 0.4) is 0 Å². The maximum atomic E-state index is 11.7. The zero-order valence-electron chi connectivity index (χ0n) is 10.4. The minimum absolute atomic E-state index is 0.0699. The van der Waals surface area contributed by atoms with Crippen LogP contribution < -0.4 is 0 Å². The molecule has 0 saturated carbocycles. The number of aliphatic hydroxyl groups is 1. The van der Waals surface area contributed by atoms with Crippen molar-refractivity contribution in [1.82, 2.24) is 0 Å². The van der Waals surface area contributed by atoms with E-state index < -0.39 is 0 Å². The van der Waals surface area contributed by atoms with Crippen LogP contribution in [0.5, 0.6) is 0 Å². The summed E-state index contributed by atoms with van der Waals surface area (Å²) in [7, 11) is 0. The van der Waals surface area contributed by atoms with Crippen LogP contribution in [0.25, 0.3) is 0 Å². The lowest BCUT2D eigenvalue weighted by molar-refractivity contribution is -0.118. The zero-order valence-corrected chi connectivity index (χ0v) is 10.4. The Balaban J connectivity index is 4.39. The van der Waals surface area contributed by atoms with Crippen LogP contribution in [0.2, 0.25) is 0 Å². The van der Waals surface area contributed by atoms with E-state index in [1.807, 2.05) is 20.8 Å². The minimum atomic E-state index is 0.0699. The summed E-state index contributed by atoms with van der Waals surface area (Å²) in [5.41, 5.74) is 0. The first kappa shape index (κ1) is 14.2. The Morgan fingerprint density at radius 1 is 1.27 bits per heavy atom. The molecule has 0 saturated heterocycles. The third-order valence-corrected chi connectivity index (χ3v) is 2.90. The maximum absolute atomic E-state index is 11.7. The lowest BCUT2D eigenvalue weighted by Gasteiger charge is -2.11. The second kappa shape index (κ2) is 7.49. The molecule has 1 N–H and O–H groups in total. The lowest BCUT2D eigenvalue weighted by Crippen LogP contribution is -2.12. The Hall–Kier alpha value is -0.790. The second-order valence-corrected chi connectivity index (χ2v) is 4.17. The number of hydrogen-bond donors (Lipinski definition) is 1. The number of hydrogen-bond acceptors (Lipinski definition) is 2. The van der Waals surface area contributed by atoms with Crippen LogP contribution in [0, 0.1) is 11.8 Å². The Labute approximate surface area is 93.4 Å².